The predicted octanol–water partition coefficient (Wildman–Crippen LogP) is 0.562. The molecule has 0 aliphatic rings. The summed E-state index contributed by atoms with van der Waals surface area (Å²) >= 11 is 0. The first-order valence-electron chi connectivity index (χ1n) is 7.16. The molecular weight excluding hydrogens is 361 g/mol. The standard InChI is InChI=1S/C14H22FN3O4S.ClH/c1-3-4-17-5-6-18-13(19)9-10-7-11(15)14(22-2)12(8-10)23(16,20)21;/h7-8,17H,3-6,9H2,1-2H3,(H,18,19)(H2,16,20,21);1H. The lowest BCUT2D eigenvalue weighted by molar-refractivity contribution is -0.120. The highest BCUT2D eigenvalue weighted by molar-refractivity contribution is 7.89. The average molecular weight is 384 g/mol. The van der Waals surface area contributed by atoms with Crippen LogP contribution < -0.4 is 20.5 Å². The molecule has 10 heteroatoms. The second-order valence-corrected chi connectivity index (χ2v) is 6.46. The van der Waals surface area contributed by atoms with Crippen LogP contribution in [0.4, 0.5) is 4.39 Å². The van der Waals surface area contributed by atoms with Gasteiger partial charge in [0.25, 0.3) is 0 Å². The maximum absolute atomic E-state index is 13.9. The lowest BCUT2D eigenvalue weighted by Crippen LogP contribution is -2.33. The third-order valence-corrected chi connectivity index (χ3v) is 3.91. The Morgan fingerprint density at radius 3 is 2.50 bits per heavy atom. The highest BCUT2D eigenvalue weighted by atomic mass is 35.5. The number of carbonyl (C=O) groups excluding carboxylic acids is 1. The van der Waals surface area contributed by atoms with Crippen LogP contribution in [0.15, 0.2) is 17.0 Å². The third-order valence-electron chi connectivity index (χ3n) is 3.00. The number of sulfonamides is 1. The van der Waals surface area contributed by atoms with E-state index in [-0.39, 0.29) is 30.3 Å². The maximum Gasteiger partial charge on any atom is 0.241 e. The van der Waals surface area contributed by atoms with E-state index in [4.69, 9.17) is 9.88 Å². The lowest BCUT2D eigenvalue weighted by Gasteiger charge is -2.11. The molecule has 0 aromatic heterocycles. The molecule has 1 amide bonds. The van der Waals surface area contributed by atoms with Crippen LogP contribution in [0, 0.1) is 5.82 Å². The fourth-order valence-electron chi connectivity index (χ4n) is 1.97. The summed E-state index contributed by atoms with van der Waals surface area (Å²) in [4.78, 5) is 11.3. The molecule has 0 radical (unpaired) electrons. The Hall–Kier alpha value is -1.42. The van der Waals surface area contributed by atoms with Gasteiger partial charge in [0.2, 0.25) is 15.9 Å². The van der Waals surface area contributed by atoms with Gasteiger partial charge >= 0.3 is 0 Å². The first-order chi connectivity index (χ1) is 10.8. The number of rotatable bonds is 9. The van der Waals surface area contributed by atoms with E-state index in [1.165, 1.54) is 0 Å². The van der Waals surface area contributed by atoms with Gasteiger partial charge in [0, 0.05) is 13.1 Å². The SMILES string of the molecule is CCCNCCNC(=O)Cc1cc(F)c(OC)c(S(N)(=O)=O)c1.Cl. The highest BCUT2D eigenvalue weighted by Gasteiger charge is 2.21. The van der Waals surface area contributed by atoms with E-state index in [9.17, 15) is 17.6 Å². The Morgan fingerprint density at radius 2 is 1.96 bits per heavy atom. The topological polar surface area (TPSA) is 111 Å². The summed E-state index contributed by atoms with van der Waals surface area (Å²) in [6.07, 6.45) is 0.840. The molecule has 7 nitrogen and oxygen atoms in total. The Morgan fingerprint density at radius 1 is 1.29 bits per heavy atom. The minimum Gasteiger partial charge on any atom is -0.492 e. The Bertz CT molecular complexity index is 656. The normalized spacial score (nSPS) is 10.8. The van der Waals surface area contributed by atoms with E-state index < -0.39 is 26.5 Å². The fourth-order valence-corrected chi connectivity index (χ4v) is 2.73. The molecular formula is C14H23ClFN3O4S. The van der Waals surface area contributed by atoms with Crippen molar-refractivity contribution in [1.29, 1.82) is 0 Å². The molecule has 0 aliphatic carbocycles. The van der Waals surface area contributed by atoms with Crippen molar-refractivity contribution in [2.45, 2.75) is 24.7 Å². The molecule has 138 valence electrons. The second-order valence-electron chi connectivity index (χ2n) is 4.93. The average Bonchev–Trinajstić information content (AvgIpc) is 2.45. The van der Waals surface area contributed by atoms with Crippen LogP contribution in [0.5, 0.6) is 5.75 Å². The van der Waals surface area contributed by atoms with Crippen LogP contribution in [0.1, 0.15) is 18.9 Å². The van der Waals surface area contributed by atoms with Crippen LogP contribution >= 0.6 is 12.4 Å². The van der Waals surface area contributed by atoms with Crippen molar-refractivity contribution in [1.82, 2.24) is 10.6 Å². The van der Waals surface area contributed by atoms with Crippen molar-refractivity contribution in [3.05, 3.63) is 23.5 Å². The maximum atomic E-state index is 13.9. The van der Waals surface area contributed by atoms with E-state index in [1.807, 2.05) is 6.92 Å². The number of carbonyl (C=O) groups is 1. The molecule has 0 heterocycles. The largest absolute Gasteiger partial charge is 0.492 e. The summed E-state index contributed by atoms with van der Waals surface area (Å²) < 4.78 is 41.6. The van der Waals surface area contributed by atoms with Gasteiger partial charge in [0.15, 0.2) is 11.6 Å². The molecule has 1 aromatic carbocycles. The summed E-state index contributed by atoms with van der Waals surface area (Å²) in [5.41, 5.74) is 0.200. The van der Waals surface area contributed by atoms with Crippen LogP contribution in [0.3, 0.4) is 0 Å². The van der Waals surface area contributed by atoms with E-state index in [0.717, 1.165) is 32.2 Å². The molecule has 0 saturated heterocycles. The van der Waals surface area contributed by atoms with Crippen LogP contribution in [-0.4, -0.2) is 41.1 Å². The number of nitrogens with one attached hydrogen (secondary N) is 2. The molecule has 0 fully saturated rings. The third kappa shape index (κ3) is 7.00. The number of amides is 1. The molecule has 24 heavy (non-hydrogen) atoms. The Labute approximate surface area is 147 Å². The smallest absolute Gasteiger partial charge is 0.241 e. The molecule has 0 aliphatic heterocycles. The van der Waals surface area contributed by atoms with Crippen LogP contribution in [0.25, 0.3) is 0 Å². The van der Waals surface area contributed by atoms with Gasteiger partial charge in [0.1, 0.15) is 4.90 Å². The number of benzene rings is 1. The van der Waals surface area contributed by atoms with Crippen LogP contribution in [-0.2, 0) is 21.2 Å². The van der Waals surface area contributed by atoms with Gasteiger partial charge in [0.05, 0.1) is 13.5 Å². The number of primary sulfonamides is 1. The molecule has 4 N–H and O–H groups in total. The Balaban J connectivity index is 0.00000529. The van der Waals surface area contributed by atoms with E-state index in [2.05, 4.69) is 10.6 Å². The van der Waals surface area contributed by atoms with Gasteiger partial charge < -0.3 is 15.4 Å². The van der Waals surface area contributed by atoms with Crippen molar-refractivity contribution < 1.29 is 22.3 Å². The van der Waals surface area contributed by atoms with Gasteiger partial charge in [-0.05, 0) is 30.7 Å². The van der Waals surface area contributed by atoms with Crippen LogP contribution in [0.2, 0.25) is 0 Å². The van der Waals surface area contributed by atoms with Gasteiger partial charge in [-0.25, -0.2) is 17.9 Å². The molecule has 0 spiro atoms. The number of ether oxygens (including phenoxy) is 1. The predicted molar refractivity (Wildman–Crippen MR) is 91.4 cm³/mol. The highest BCUT2D eigenvalue weighted by Crippen LogP contribution is 2.27. The molecule has 1 aromatic rings. The molecule has 0 unspecified atom stereocenters. The summed E-state index contributed by atoms with van der Waals surface area (Å²) in [6.45, 7) is 3.95. The molecule has 0 bridgehead atoms. The zero-order chi connectivity index (χ0) is 17.5. The molecule has 0 saturated carbocycles. The first-order valence-corrected chi connectivity index (χ1v) is 8.70. The van der Waals surface area contributed by atoms with Crippen molar-refractivity contribution in [3.8, 4) is 5.75 Å². The van der Waals surface area contributed by atoms with Crippen molar-refractivity contribution in [2.24, 2.45) is 5.14 Å². The summed E-state index contributed by atoms with van der Waals surface area (Å²) in [5.74, 6) is -1.68. The van der Waals surface area contributed by atoms with Crippen molar-refractivity contribution in [3.63, 3.8) is 0 Å². The zero-order valence-electron chi connectivity index (χ0n) is 13.6. The van der Waals surface area contributed by atoms with E-state index in [1.54, 1.807) is 0 Å². The van der Waals surface area contributed by atoms with Gasteiger partial charge in [-0.3, -0.25) is 4.79 Å². The van der Waals surface area contributed by atoms with Gasteiger partial charge in [-0.2, -0.15) is 0 Å². The number of halogens is 2. The fraction of sp³-hybridized carbons (Fsp3) is 0.500. The lowest BCUT2D eigenvalue weighted by atomic mass is 10.1. The van der Waals surface area contributed by atoms with E-state index in [0.29, 0.717) is 13.1 Å². The quantitative estimate of drug-likeness (QED) is 0.540. The van der Waals surface area contributed by atoms with Gasteiger partial charge in [-0.1, -0.05) is 6.92 Å². The minimum atomic E-state index is -4.16. The second kappa shape index (κ2) is 10.4. The number of hydrogen-bond acceptors (Lipinski definition) is 5. The summed E-state index contributed by atoms with van der Waals surface area (Å²) in [5, 5.41) is 10.8. The zero-order valence-corrected chi connectivity index (χ0v) is 15.2. The first kappa shape index (κ1) is 22.6. The summed E-state index contributed by atoms with van der Waals surface area (Å²) in [6, 6.07) is 2.20. The number of methoxy groups -OCH3 is 1. The molecule has 1 rings (SSSR count). The Kier molecular flexibility index (Phi) is 9.83. The monoisotopic (exact) mass is 383 g/mol. The summed E-state index contributed by atoms with van der Waals surface area (Å²) in [7, 11) is -3.02. The number of nitrogens with two attached hydrogens (primary N) is 1. The minimum absolute atomic E-state index is 0. The van der Waals surface area contributed by atoms with E-state index >= 15 is 0 Å². The molecule has 0 atom stereocenters. The number of hydrogen-bond donors (Lipinski definition) is 3. The van der Waals surface area contributed by atoms with Gasteiger partial charge in [-0.15, -0.1) is 12.4 Å². The van der Waals surface area contributed by atoms with Crippen molar-refractivity contribution in [2.75, 3.05) is 26.7 Å². The van der Waals surface area contributed by atoms with Crippen molar-refractivity contribution >= 4 is 28.3 Å².